The summed E-state index contributed by atoms with van der Waals surface area (Å²) in [6, 6.07) is 0. The van der Waals surface area contributed by atoms with Crippen molar-refractivity contribution in [1.29, 1.82) is 0 Å². The lowest BCUT2D eigenvalue weighted by molar-refractivity contribution is 0.0847. The average Bonchev–Trinajstić information content (AvgIpc) is 2.61. The van der Waals surface area contributed by atoms with Gasteiger partial charge in [0.05, 0.1) is 12.0 Å². The Morgan fingerprint density at radius 1 is 1.57 bits per heavy atom. The van der Waals surface area contributed by atoms with Crippen molar-refractivity contribution in [2.45, 2.75) is 32.2 Å². The molecule has 78 valence electrons. The van der Waals surface area contributed by atoms with Gasteiger partial charge in [-0.2, -0.15) is 0 Å². The van der Waals surface area contributed by atoms with Crippen LogP contribution in [0.25, 0.3) is 0 Å². The summed E-state index contributed by atoms with van der Waals surface area (Å²) in [5, 5.41) is 0. The summed E-state index contributed by atoms with van der Waals surface area (Å²) in [5.41, 5.74) is 7.07. The van der Waals surface area contributed by atoms with Gasteiger partial charge in [0.2, 0.25) is 0 Å². The highest BCUT2D eigenvalue weighted by atomic mass is 16.5. The first kappa shape index (κ1) is 9.52. The minimum absolute atomic E-state index is 0.497. The van der Waals surface area contributed by atoms with E-state index in [1.807, 2.05) is 10.9 Å². The molecule has 14 heavy (non-hydrogen) atoms. The smallest absolute Gasteiger partial charge is 0.126 e. The third-order valence-corrected chi connectivity index (χ3v) is 2.86. The van der Waals surface area contributed by atoms with Gasteiger partial charge in [0.15, 0.2) is 0 Å². The first-order chi connectivity index (χ1) is 6.83. The van der Waals surface area contributed by atoms with Gasteiger partial charge in [0.1, 0.15) is 5.82 Å². The van der Waals surface area contributed by atoms with Crippen molar-refractivity contribution < 1.29 is 4.74 Å². The Bertz CT molecular complexity index is 302. The number of ether oxygens (including phenoxy) is 1. The number of aromatic nitrogens is 2. The predicted molar refractivity (Wildman–Crippen MR) is 55.1 cm³/mol. The third-order valence-electron chi connectivity index (χ3n) is 2.86. The van der Waals surface area contributed by atoms with E-state index in [0.717, 1.165) is 44.1 Å². The number of hydrogen-bond donors (Lipinski definition) is 1. The molecule has 0 radical (unpaired) electrons. The van der Waals surface area contributed by atoms with Crippen molar-refractivity contribution in [1.82, 2.24) is 9.55 Å². The molecular formula is C10H17N3O. The fraction of sp³-hybridized carbons (Fsp3) is 0.700. The second kappa shape index (κ2) is 4.00. The van der Waals surface area contributed by atoms with E-state index in [9.17, 15) is 0 Å². The number of rotatable bonds is 2. The first-order valence-corrected chi connectivity index (χ1v) is 5.21. The summed E-state index contributed by atoms with van der Waals surface area (Å²) in [7, 11) is 0. The fourth-order valence-corrected chi connectivity index (χ4v) is 1.94. The summed E-state index contributed by atoms with van der Waals surface area (Å²) in [6.07, 6.45) is 3.93. The van der Waals surface area contributed by atoms with E-state index >= 15 is 0 Å². The van der Waals surface area contributed by atoms with Crippen molar-refractivity contribution in [2.75, 3.05) is 18.9 Å². The Kier molecular flexibility index (Phi) is 2.72. The molecule has 0 spiro atoms. The summed E-state index contributed by atoms with van der Waals surface area (Å²) in [6.45, 7) is 4.64. The van der Waals surface area contributed by atoms with Gasteiger partial charge in [-0.25, -0.2) is 4.98 Å². The molecule has 2 heterocycles. The molecule has 1 aromatic rings. The van der Waals surface area contributed by atoms with Gasteiger partial charge in [0, 0.05) is 25.7 Å². The molecule has 4 nitrogen and oxygen atoms in total. The highest BCUT2D eigenvalue weighted by Crippen LogP contribution is 2.29. The number of nitrogens with zero attached hydrogens (tertiary/aromatic N) is 2. The van der Waals surface area contributed by atoms with Crippen LogP contribution in [0, 0.1) is 0 Å². The molecule has 0 aliphatic carbocycles. The van der Waals surface area contributed by atoms with Gasteiger partial charge in [-0.3, -0.25) is 0 Å². The quantitative estimate of drug-likeness (QED) is 0.775. The van der Waals surface area contributed by atoms with E-state index in [4.69, 9.17) is 10.5 Å². The maximum Gasteiger partial charge on any atom is 0.126 e. The van der Waals surface area contributed by atoms with Crippen LogP contribution in [0.4, 0.5) is 5.82 Å². The van der Waals surface area contributed by atoms with Crippen molar-refractivity contribution in [3.05, 3.63) is 12.0 Å². The van der Waals surface area contributed by atoms with Crippen LogP contribution in [0.3, 0.4) is 0 Å². The second-order valence-corrected chi connectivity index (χ2v) is 3.69. The van der Waals surface area contributed by atoms with E-state index in [0.29, 0.717) is 5.92 Å². The van der Waals surface area contributed by atoms with Crippen LogP contribution in [0.2, 0.25) is 0 Å². The van der Waals surface area contributed by atoms with Crippen LogP contribution < -0.4 is 5.73 Å². The highest BCUT2D eigenvalue weighted by molar-refractivity contribution is 5.38. The van der Waals surface area contributed by atoms with E-state index < -0.39 is 0 Å². The van der Waals surface area contributed by atoms with Crippen LogP contribution >= 0.6 is 0 Å². The molecule has 0 atom stereocenters. The Morgan fingerprint density at radius 3 is 2.86 bits per heavy atom. The number of anilines is 1. The van der Waals surface area contributed by atoms with Gasteiger partial charge < -0.3 is 15.0 Å². The third kappa shape index (κ3) is 1.62. The van der Waals surface area contributed by atoms with Crippen LogP contribution in [-0.4, -0.2) is 22.8 Å². The molecule has 1 aliphatic heterocycles. The summed E-state index contributed by atoms with van der Waals surface area (Å²) in [5.74, 6) is 1.33. The van der Waals surface area contributed by atoms with E-state index in [1.165, 1.54) is 0 Å². The largest absolute Gasteiger partial charge is 0.384 e. The molecule has 2 rings (SSSR count). The van der Waals surface area contributed by atoms with Crippen LogP contribution in [0.1, 0.15) is 31.4 Å². The highest BCUT2D eigenvalue weighted by Gasteiger charge is 2.21. The maximum atomic E-state index is 6.00. The zero-order valence-electron chi connectivity index (χ0n) is 8.57. The van der Waals surface area contributed by atoms with Crippen molar-refractivity contribution in [2.24, 2.45) is 0 Å². The number of imidazole rings is 1. The van der Waals surface area contributed by atoms with Gasteiger partial charge in [-0.15, -0.1) is 0 Å². The summed E-state index contributed by atoms with van der Waals surface area (Å²) in [4.78, 5) is 4.39. The monoisotopic (exact) mass is 195 g/mol. The fourth-order valence-electron chi connectivity index (χ4n) is 1.94. The molecule has 0 aromatic carbocycles. The SMILES string of the molecule is CCn1cnc(C2CCOCC2)c1N. The van der Waals surface area contributed by atoms with Crippen LogP contribution in [0.5, 0.6) is 0 Å². The maximum absolute atomic E-state index is 6.00. The normalized spacial score (nSPS) is 18.6. The Morgan fingerprint density at radius 2 is 2.29 bits per heavy atom. The van der Waals surface area contributed by atoms with Crippen molar-refractivity contribution in [3.63, 3.8) is 0 Å². The lowest BCUT2D eigenvalue weighted by Gasteiger charge is -2.20. The molecule has 0 unspecified atom stereocenters. The summed E-state index contributed by atoms with van der Waals surface area (Å²) >= 11 is 0. The molecule has 2 N–H and O–H groups in total. The zero-order valence-corrected chi connectivity index (χ0v) is 8.57. The van der Waals surface area contributed by atoms with Gasteiger partial charge >= 0.3 is 0 Å². The molecule has 0 saturated carbocycles. The topological polar surface area (TPSA) is 53.1 Å². The molecule has 1 saturated heterocycles. The van der Waals surface area contributed by atoms with Crippen LogP contribution in [-0.2, 0) is 11.3 Å². The van der Waals surface area contributed by atoms with Crippen molar-refractivity contribution >= 4 is 5.82 Å². The first-order valence-electron chi connectivity index (χ1n) is 5.21. The molecular weight excluding hydrogens is 178 g/mol. The number of hydrogen-bond acceptors (Lipinski definition) is 3. The van der Waals surface area contributed by atoms with E-state index in [2.05, 4.69) is 11.9 Å². The van der Waals surface area contributed by atoms with Gasteiger partial charge in [-0.05, 0) is 19.8 Å². The Labute approximate surface area is 84.1 Å². The number of nitrogen functional groups attached to an aromatic ring is 1. The van der Waals surface area contributed by atoms with Gasteiger partial charge in [0.25, 0.3) is 0 Å². The number of aryl methyl sites for hydroxylation is 1. The summed E-state index contributed by atoms with van der Waals surface area (Å²) < 4.78 is 7.31. The van der Waals surface area contributed by atoms with E-state index in [-0.39, 0.29) is 0 Å². The van der Waals surface area contributed by atoms with Crippen molar-refractivity contribution in [3.8, 4) is 0 Å². The van der Waals surface area contributed by atoms with Gasteiger partial charge in [-0.1, -0.05) is 0 Å². The second-order valence-electron chi connectivity index (χ2n) is 3.69. The molecule has 1 aromatic heterocycles. The minimum atomic E-state index is 0.497. The molecule has 1 fully saturated rings. The predicted octanol–water partition coefficient (Wildman–Crippen LogP) is 1.38. The number of nitrogens with two attached hydrogens (primary N) is 1. The molecule has 0 bridgehead atoms. The molecule has 4 heteroatoms. The zero-order chi connectivity index (χ0) is 9.97. The van der Waals surface area contributed by atoms with E-state index in [1.54, 1.807) is 0 Å². The molecule has 0 amide bonds. The lowest BCUT2D eigenvalue weighted by atomic mass is 9.96. The Balaban J connectivity index is 2.18. The standard InChI is InChI=1S/C10H17N3O/c1-2-13-7-12-9(10(13)11)8-3-5-14-6-4-8/h7-8H,2-6,11H2,1H3. The Hall–Kier alpha value is -1.03. The molecule has 1 aliphatic rings. The minimum Gasteiger partial charge on any atom is -0.384 e. The van der Waals surface area contributed by atoms with Crippen LogP contribution in [0.15, 0.2) is 6.33 Å². The average molecular weight is 195 g/mol. The lowest BCUT2D eigenvalue weighted by Crippen LogP contribution is -2.15.